The van der Waals surface area contributed by atoms with Gasteiger partial charge in [-0.15, -0.1) is 0 Å². The van der Waals surface area contributed by atoms with E-state index in [0.29, 0.717) is 53.8 Å². The highest BCUT2D eigenvalue weighted by Gasteiger charge is 2.19. The molecule has 2 aromatic carbocycles. The molecule has 0 saturated carbocycles. The second-order valence-corrected chi connectivity index (χ2v) is 10.3. The largest absolute Gasteiger partial charge is 0.497 e. The van der Waals surface area contributed by atoms with Crippen molar-refractivity contribution >= 4 is 34.4 Å². The monoisotopic (exact) mass is 548 g/mol. The minimum absolute atomic E-state index is 0.0150. The zero-order valence-electron chi connectivity index (χ0n) is 23.7. The van der Waals surface area contributed by atoms with Crippen molar-refractivity contribution in [2.24, 2.45) is 0 Å². The molecule has 0 radical (unpaired) electrons. The average molecular weight is 549 g/mol. The number of carbonyl (C=O) groups excluding carboxylic acids is 1. The number of aromatic hydroxyl groups is 1. The maximum absolute atomic E-state index is 12.0. The Morgan fingerprint density at radius 3 is 2.55 bits per heavy atom. The van der Waals surface area contributed by atoms with Gasteiger partial charge in [-0.3, -0.25) is 0 Å². The maximum atomic E-state index is 12.0. The second-order valence-electron chi connectivity index (χ2n) is 10.3. The van der Waals surface area contributed by atoms with Crippen molar-refractivity contribution in [3.05, 3.63) is 59.8 Å². The van der Waals surface area contributed by atoms with Crippen LogP contribution in [-0.4, -0.2) is 58.6 Å². The Kier molecular flexibility index (Phi) is 8.52. The molecule has 0 fully saturated rings. The van der Waals surface area contributed by atoms with Crippen molar-refractivity contribution in [1.82, 2.24) is 19.9 Å². The number of fused-ring (bicyclic) bond motifs is 1. The van der Waals surface area contributed by atoms with Crippen LogP contribution >= 0.6 is 0 Å². The molecule has 0 aliphatic heterocycles. The lowest BCUT2D eigenvalue weighted by atomic mass is 10.2. The van der Waals surface area contributed by atoms with E-state index in [-0.39, 0.29) is 5.88 Å². The van der Waals surface area contributed by atoms with Gasteiger partial charge in [0.2, 0.25) is 11.8 Å². The number of aryl methyl sites for hydroxylation is 1. The first-order chi connectivity index (χ1) is 19.1. The number of benzene rings is 2. The minimum atomic E-state index is -0.576. The highest BCUT2D eigenvalue weighted by atomic mass is 16.6. The van der Waals surface area contributed by atoms with Crippen molar-refractivity contribution in [2.45, 2.75) is 39.8 Å². The number of nitrogens with one attached hydrogen (secondary N) is 3. The van der Waals surface area contributed by atoms with Gasteiger partial charge in [-0.25, -0.2) is 9.78 Å². The summed E-state index contributed by atoms with van der Waals surface area (Å²) in [6.45, 7) is 8.43. The Morgan fingerprint density at radius 1 is 1.05 bits per heavy atom. The third kappa shape index (κ3) is 7.04. The number of hydrogen-bond donors (Lipinski definition) is 4. The van der Waals surface area contributed by atoms with Gasteiger partial charge < -0.3 is 39.8 Å². The van der Waals surface area contributed by atoms with Crippen LogP contribution in [0, 0.1) is 6.92 Å². The zero-order valence-corrected chi connectivity index (χ0v) is 23.7. The van der Waals surface area contributed by atoms with Gasteiger partial charge in [-0.2, -0.15) is 4.98 Å². The van der Waals surface area contributed by atoms with Gasteiger partial charge in [-0.05, 0) is 57.5 Å². The molecule has 0 aliphatic rings. The lowest BCUT2D eigenvalue weighted by Crippen LogP contribution is -2.35. The molecule has 40 heavy (non-hydrogen) atoms. The molecule has 4 rings (SSSR count). The summed E-state index contributed by atoms with van der Waals surface area (Å²) in [5.41, 5.74) is 2.72. The first-order valence-electron chi connectivity index (χ1n) is 12.9. The third-order valence-electron chi connectivity index (χ3n) is 5.90. The number of rotatable bonds is 10. The Bertz CT molecular complexity index is 1490. The summed E-state index contributed by atoms with van der Waals surface area (Å²) in [6, 6.07) is 13.4. The van der Waals surface area contributed by atoms with E-state index in [4.69, 9.17) is 14.2 Å². The first kappa shape index (κ1) is 28.3. The molecular weight excluding hydrogens is 512 g/mol. The number of ether oxygens (including phenoxy) is 3. The van der Waals surface area contributed by atoms with E-state index in [1.165, 1.54) is 0 Å². The number of aromatic nitrogens is 3. The fourth-order valence-electron chi connectivity index (χ4n) is 4.11. The topological polar surface area (TPSA) is 132 Å². The van der Waals surface area contributed by atoms with Crippen molar-refractivity contribution in [1.29, 1.82) is 0 Å². The molecule has 212 valence electrons. The van der Waals surface area contributed by atoms with Crippen molar-refractivity contribution in [3.63, 3.8) is 0 Å². The zero-order chi connectivity index (χ0) is 28.9. The van der Waals surface area contributed by atoms with E-state index in [1.807, 2.05) is 64.1 Å². The molecule has 0 atom stereocenters. The van der Waals surface area contributed by atoms with Crippen LogP contribution in [0.3, 0.4) is 0 Å². The van der Waals surface area contributed by atoms with Crippen molar-refractivity contribution in [2.75, 3.05) is 37.9 Å². The van der Waals surface area contributed by atoms with E-state index in [0.717, 1.165) is 16.8 Å². The Labute approximate surface area is 233 Å². The van der Waals surface area contributed by atoms with Crippen LogP contribution in [0.5, 0.6) is 17.4 Å². The number of carbonyl (C=O) groups is 1. The molecule has 11 nitrogen and oxygen atoms in total. The maximum Gasteiger partial charge on any atom is 0.407 e. The van der Waals surface area contributed by atoms with E-state index in [9.17, 15) is 9.90 Å². The molecule has 4 aromatic rings. The molecule has 0 bridgehead atoms. The number of alkyl carbamates (subject to hydrolysis) is 1. The summed E-state index contributed by atoms with van der Waals surface area (Å²) < 4.78 is 17.8. The number of hydrogen-bond acceptors (Lipinski definition) is 9. The SMILES string of the molecule is COc1ccc(Cn2cc3nc(NCCNC(=O)OC(C)(C)C)nc(Nc4cccc(C)c4)c3c2O)c(OC)c1. The summed E-state index contributed by atoms with van der Waals surface area (Å²) in [7, 11) is 3.19. The third-order valence-corrected chi connectivity index (χ3v) is 5.90. The van der Waals surface area contributed by atoms with Crippen LogP contribution in [0.15, 0.2) is 48.7 Å². The predicted molar refractivity (Wildman–Crippen MR) is 155 cm³/mol. The van der Waals surface area contributed by atoms with Crippen LogP contribution in [0.1, 0.15) is 31.9 Å². The van der Waals surface area contributed by atoms with E-state index >= 15 is 0 Å². The van der Waals surface area contributed by atoms with Crippen molar-refractivity contribution < 1.29 is 24.1 Å². The summed E-state index contributed by atoms with van der Waals surface area (Å²) in [5, 5.41) is 20.9. The molecule has 4 N–H and O–H groups in total. The van der Waals surface area contributed by atoms with Gasteiger partial charge in [0, 0.05) is 36.6 Å². The van der Waals surface area contributed by atoms with Gasteiger partial charge >= 0.3 is 6.09 Å². The normalized spacial score (nSPS) is 11.2. The second kappa shape index (κ2) is 12.0. The molecule has 0 saturated heterocycles. The first-order valence-corrected chi connectivity index (χ1v) is 12.9. The fourth-order valence-corrected chi connectivity index (χ4v) is 4.11. The van der Waals surface area contributed by atoms with E-state index in [2.05, 4.69) is 25.9 Å². The lowest BCUT2D eigenvalue weighted by molar-refractivity contribution is 0.0530. The van der Waals surface area contributed by atoms with Gasteiger partial charge in [-0.1, -0.05) is 12.1 Å². The summed E-state index contributed by atoms with van der Waals surface area (Å²) in [6.07, 6.45) is 1.27. The standard InChI is InChI=1S/C29H36N6O5/c1-18-8-7-9-20(14-18)32-25-24-22(33-27(34-25)30-12-13-31-28(37)40-29(2,3)4)17-35(26(24)36)16-19-10-11-21(38-5)15-23(19)39-6/h7-11,14-15,17,36H,12-13,16H2,1-6H3,(H,31,37)(H2,30,32,33,34). The number of anilines is 3. The van der Waals surface area contributed by atoms with Crippen LogP contribution in [-0.2, 0) is 11.3 Å². The molecule has 0 unspecified atom stereocenters. The number of methoxy groups -OCH3 is 2. The minimum Gasteiger partial charge on any atom is -0.497 e. The Morgan fingerprint density at radius 2 is 1.85 bits per heavy atom. The molecule has 2 heterocycles. The lowest BCUT2D eigenvalue weighted by Gasteiger charge is -2.19. The van der Waals surface area contributed by atoms with E-state index in [1.54, 1.807) is 31.0 Å². The van der Waals surface area contributed by atoms with Crippen LogP contribution in [0.2, 0.25) is 0 Å². The predicted octanol–water partition coefficient (Wildman–Crippen LogP) is 5.19. The van der Waals surface area contributed by atoms with Gasteiger partial charge in [0.05, 0.1) is 26.3 Å². The molecule has 0 aliphatic carbocycles. The van der Waals surface area contributed by atoms with Crippen LogP contribution < -0.4 is 25.4 Å². The highest BCUT2D eigenvalue weighted by molar-refractivity contribution is 5.96. The number of nitrogens with zero attached hydrogens (tertiary/aromatic N) is 3. The molecule has 11 heteroatoms. The summed E-state index contributed by atoms with van der Waals surface area (Å²) in [5.74, 6) is 2.11. The molecule has 0 spiro atoms. The van der Waals surface area contributed by atoms with Crippen LogP contribution in [0.25, 0.3) is 10.9 Å². The van der Waals surface area contributed by atoms with Gasteiger partial charge in [0.25, 0.3) is 0 Å². The average Bonchev–Trinajstić information content (AvgIpc) is 3.20. The highest BCUT2D eigenvalue weighted by Crippen LogP contribution is 2.36. The number of amides is 1. The smallest absolute Gasteiger partial charge is 0.407 e. The van der Waals surface area contributed by atoms with E-state index < -0.39 is 11.7 Å². The molecular formula is C29H36N6O5. The summed E-state index contributed by atoms with van der Waals surface area (Å²) >= 11 is 0. The quantitative estimate of drug-likeness (QED) is 0.198. The van der Waals surface area contributed by atoms with Crippen LogP contribution in [0.4, 0.5) is 22.2 Å². The Hall–Kier alpha value is -4.67. The van der Waals surface area contributed by atoms with Crippen molar-refractivity contribution in [3.8, 4) is 17.4 Å². The molecule has 1 amide bonds. The van der Waals surface area contributed by atoms with Gasteiger partial charge in [0.15, 0.2) is 0 Å². The Balaban J connectivity index is 1.62. The van der Waals surface area contributed by atoms with Gasteiger partial charge in [0.1, 0.15) is 28.3 Å². The fraction of sp³-hybridized carbons (Fsp3) is 0.345. The molecule has 2 aromatic heterocycles. The summed E-state index contributed by atoms with van der Waals surface area (Å²) in [4.78, 5) is 21.2.